The maximum Gasteiger partial charge on any atom is 0.174 e. The van der Waals surface area contributed by atoms with E-state index in [1.165, 1.54) is 36.0 Å². The third-order valence-corrected chi connectivity index (χ3v) is 7.15. The molecule has 0 unspecified atom stereocenters. The molecule has 0 bridgehead atoms. The van der Waals surface area contributed by atoms with Gasteiger partial charge >= 0.3 is 0 Å². The number of methoxy groups -OCH3 is 2. The highest BCUT2D eigenvalue weighted by atomic mass is 32.2. The summed E-state index contributed by atoms with van der Waals surface area (Å²) in [5.74, 6) is 5.86. The van der Waals surface area contributed by atoms with Crippen LogP contribution >= 0.6 is 11.8 Å². The SMILES string of the molecule is CC.COc1ccc(N(C)c2cnc(SCc3c(F)cc(C#CC[N+](C)(C)C)cc3F)n2-c2ccc(F)cc2)cc1OC. The molecule has 0 N–H and O–H groups in total. The van der Waals surface area contributed by atoms with Crippen LogP contribution in [-0.4, -0.2) is 63.0 Å². The molecule has 228 valence electrons. The molecule has 0 aliphatic rings. The molecule has 43 heavy (non-hydrogen) atoms. The second kappa shape index (κ2) is 14.9. The van der Waals surface area contributed by atoms with Gasteiger partial charge in [-0.3, -0.25) is 4.57 Å². The Morgan fingerprint density at radius 3 is 2.12 bits per heavy atom. The highest BCUT2D eigenvalue weighted by Crippen LogP contribution is 2.37. The zero-order valence-corrected chi connectivity index (χ0v) is 26.7. The molecule has 0 radical (unpaired) electrons. The first-order valence-corrected chi connectivity index (χ1v) is 14.7. The van der Waals surface area contributed by atoms with Crippen LogP contribution in [-0.2, 0) is 5.75 Å². The number of benzene rings is 3. The molecule has 1 aromatic heterocycles. The summed E-state index contributed by atoms with van der Waals surface area (Å²) in [6.45, 7) is 4.55. The van der Waals surface area contributed by atoms with Crippen molar-refractivity contribution < 1.29 is 27.1 Å². The molecule has 3 aromatic carbocycles. The molecule has 0 saturated carbocycles. The number of thioether (sulfide) groups is 1. The minimum absolute atomic E-state index is 0.0119. The molecule has 0 spiro atoms. The molecule has 0 fully saturated rings. The van der Waals surface area contributed by atoms with E-state index in [9.17, 15) is 4.39 Å². The third-order valence-electron chi connectivity index (χ3n) is 6.17. The molecule has 10 heteroatoms. The average molecular weight is 612 g/mol. The number of imidazole rings is 1. The predicted molar refractivity (Wildman–Crippen MR) is 168 cm³/mol. The van der Waals surface area contributed by atoms with E-state index in [1.54, 1.807) is 43.2 Å². The third kappa shape index (κ3) is 8.49. The van der Waals surface area contributed by atoms with E-state index in [-0.39, 0.29) is 22.7 Å². The van der Waals surface area contributed by atoms with Crippen LogP contribution in [0.5, 0.6) is 11.5 Å². The van der Waals surface area contributed by atoms with Crippen molar-refractivity contribution in [2.45, 2.75) is 24.8 Å². The average Bonchev–Trinajstić information content (AvgIpc) is 3.40. The van der Waals surface area contributed by atoms with Gasteiger partial charge in [0.2, 0.25) is 0 Å². The van der Waals surface area contributed by atoms with Gasteiger partial charge in [0, 0.05) is 41.4 Å². The van der Waals surface area contributed by atoms with Crippen LogP contribution in [0.25, 0.3) is 5.69 Å². The van der Waals surface area contributed by atoms with Gasteiger partial charge in [-0.1, -0.05) is 31.5 Å². The predicted octanol–water partition coefficient (Wildman–Crippen LogP) is 7.45. The molecular formula is C33H38F3N4O2S+. The van der Waals surface area contributed by atoms with Crippen LogP contribution in [0.1, 0.15) is 25.0 Å². The number of rotatable bonds is 9. The number of ether oxygens (including phenoxy) is 2. The van der Waals surface area contributed by atoms with Gasteiger partial charge in [0.1, 0.15) is 29.8 Å². The Bertz CT molecular complexity index is 1570. The van der Waals surface area contributed by atoms with Gasteiger partial charge in [-0.15, -0.1) is 0 Å². The summed E-state index contributed by atoms with van der Waals surface area (Å²) in [5.41, 5.74) is 1.63. The van der Waals surface area contributed by atoms with Crippen molar-refractivity contribution >= 4 is 23.3 Å². The summed E-state index contributed by atoms with van der Waals surface area (Å²) in [6.07, 6.45) is 1.65. The normalized spacial score (nSPS) is 10.8. The molecule has 0 atom stereocenters. The van der Waals surface area contributed by atoms with Crippen molar-refractivity contribution in [3.63, 3.8) is 0 Å². The summed E-state index contributed by atoms with van der Waals surface area (Å²) < 4.78 is 57.0. The fraction of sp³-hybridized carbons (Fsp3) is 0.303. The lowest BCUT2D eigenvalue weighted by Crippen LogP contribution is -2.34. The number of aromatic nitrogens is 2. The fourth-order valence-electron chi connectivity index (χ4n) is 3.99. The van der Waals surface area contributed by atoms with E-state index in [4.69, 9.17) is 9.47 Å². The Morgan fingerprint density at radius 1 is 0.907 bits per heavy atom. The van der Waals surface area contributed by atoms with Crippen molar-refractivity contribution in [2.75, 3.05) is 53.9 Å². The highest BCUT2D eigenvalue weighted by molar-refractivity contribution is 7.98. The minimum atomic E-state index is -0.672. The van der Waals surface area contributed by atoms with Crippen LogP contribution < -0.4 is 14.4 Å². The summed E-state index contributed by atoms with van der Waals surface area (Å²) >= 11 is 1.17. The van der Waals surface area contributed by atoms with E-state index >= 15 is 8.78 Å². The Hall–Kier alpha value is -4.07. The van der Waals surface area contributed by atoms with Crippen molar-refractivity contribution in [3.8, 4) is 29.0 Å². The Balaban J connectivity index is 0.00000248. The molecule has 6 nitrogen and oxygen atoms in total. The van der Waals surface area contributed by atoms with Crippen molar-refractivity contribution in [1.29, 1.82) is 0 Å². The smallest absolute Gasteiger partial charge is 0.174 e. The fourth-order valence-corrected chi connectivity index (χ4v) is 5.00. The van der Waals surface area contributed by atoms with Crippen LogP contribution in [0.3, 0.4) is 0 Å². The summed E-state index contributed by atoms with van der Waals surface area (Å²) in [6, 6.07) is 13.9. The van der Waals surface area contributed by atoms with Crippen molar-refractivity contribution in [2.24, 2.45) is 0 Å². The number of quaternary nitrogens is 1. The lowest BCUT2D eigenvalue weighted by atomic mass is 10.1. The van der Waals surface area contributed by atoms with Gasteiger partial charge in [-0.25, -0.2) is 18.2 Å². The monoisotopic (exact) mass is 611 g/mol. The van der Waals surface area contributed by atoms with Gasteiger partial charge in [0.25, 0.3) is 0 Å². The standard InChI is InChI=1S/C31H32F3N4O2S.C2H6/c1-36(24-13-14-28(39-5)29(18-24)40-6)30-19-35-31(37(30)23-11-9-22(32)10-12-23)41-20-25-26(33)16-21(17-27(25)34)8-7-15-38(2,3)4;1-2/h9-14,16-19H,15,20H2,1-6H3;1-2H3/q+1;. The number of halogens is 3. The lowest BCUT2D eigenvalue weighted by molar-refractivity contribution is -0.862. The summed E-state index contributed by atoms with van der Waals surface area (Å²) in [5, 5.41) is 0.476. The first-order valence-electron chi connectivity index (χ1n) is 13.7. The number of hydrogen-bond donors (Lipinski definition) is 0. The van der Waals surface area contributed by atoms with Crippen LogP contribution in [0.4, 0.5) is 24.7 Å². The van der Waals surface area contributed by atoms with E-state index < -0.39 is 11.6 Å². The molecule has 1 heterocycles. The van der Waals surface area contributed by atoms with Crippen LogP contribution in [0.2, 0.25) is 0 Å². The van der Waals surface area contributed by atoms with Crippen LogP contribution in [0.15, 0.2) is 66.0 Å². The van der Waals surface area contributed by atoms with E-state index in [0.29, 0.717) is 39.2 Å². The zero-order chi connectivity index (χ0) is 31.7. The summed E-state index contributed by atoms with van der Waals surface area (Å²) in [7, 11) is 10.9. The second-order valence-corrected chi connectivity index (χ2v) is 11.2. The van der Waals surface area contributed by atoms with Crippen molar-refractivity contribution in [1.82, 2.24) is 9.55 Å². The zero-order valence-electron chi connectivity index (χ0n) is 25.8. The molecule has 4 rings (SSSR count). The largest absolute Gasteiger partial charge is 0.493 e. The maximum absolute atomic E-state index is 15.0. The van der Waals surface area contributed by atoms with Gasteiger partial charge in [-0.2, -0.15) is 0 Å². The van der Waals surface area contributed by atoms with E-state index in [0.717, 1.165) is 5.69 Å². The van der Waals surface area contributed by atoms with E-state index in [1.807, 2.05) is 59.1 Å². The molecule has 0 amide bonds. The van der Waals surface area contributed by atoms with Crippen LogP contribution in [0, 0.1) is 29.3 Å². The molecule has 0 aliphatic carbocycles. The number of nitrogens with zero attached hydrogens (tertiary/aromatic N) is 4. The molecule has 4 aromatic rings. The molecule has 0 saturated heterocycles. The first-order chi connectivity index (χ1) is 20.5. The first kappa shape index (κ1) is 33.4. The molecule has 0 aliphatic heterocycles. The number of hydrogen-bond acceptors (Lipinski definition) is 5. The lowest BCUT2D eigenvalue weighted by Gasteiger charge is -2.23. The maximum atomic E-state index is 15.0. The Labute approximate surface area is 256 Å². The topological polar surface area (TPSA) is 39.5 Å². The quantitative estimate of drug-likeness (QED) is 0.112. The second-order valence-electron chi connectivity index (χ2n) is 10.3. The van der Waals surface area contributed by atoms with Gasteiger partial charge < -0.3 is 18.9 Å². The van der Waals surface area contributed by atoms with Crippen molar-refractivity contribution in [3.05, 3.63) is 89.4 Å². The van der Waals surface area contributed by atoms with Gasteiger partial charge in [-0.05, 0) is 54.5 Å². The van der Waals surface area contributed by atoms with E-state index in [2.05, 4.69) is 16.8 Å². The van der Waals surface area contributed by atoms with Gasteiger partial charge in [0.15, 0.2) is 16.7 Å². The van der Waals surface area contributed by atoms with Gasteiger partial charge in [0.05, 0.1) is 41.6 Å². The Kier molecular flexibility index (Phi) is 11.6. The molecular weight excluding hydrogens is 573 g/mol. The number of anilines is 2. The highest BCUT2D eigenvalue weighted by Gasteiger charge is 2.20. The summed E-state index contributed by atoms with van der Waals surface area (Å²) in [4.78, 5) is 6.44. The Morgan fingerprint density at radius 2 is 1.53 bits per heavy atom. The minimum Gasteiger partial charge on any atom is -0.493 e.